The van der Waals surface area contributed by atoms with Crippen molar-refractivity contribution in [2.24, 2.45) is 0 Å². The van der Waals surface area contributed by atoms with E-state index in [1.807, 2.05) is 34.9 Å². The first-order chi connectivity index (χ1) is 15.1. The second kappa shape index (κ2) is 7.50. The smallest absolute Gasteiger partial charge is 0.343 e. The molecule has 0 saturated carbocycles. The fourth-order valence-corrected chi connectivity index (χ4v) is 4.17. The molecule has 5 rings (SSSR count). The number of hydrogen-bond donors (Lipinski definition) is 0. The molecule has 0 amide bonds. The molecule has 7 nitrogen and oxygen atoms in total. The van der Waals surface area contributed by atoms with Gasteiger partial charge in [0.05, 0.1) is 26.0 Å². The van der Waals surface area contributed by atoms with Crippen LogP contribution in [-0.4, -0.2) is 30.9 Å². The normalized spacial score (nSPS) is 15.7. The van der Waals surface area contributed by atoms with Gasteiger partial charge in [0.2, 0.25) is 6.23 Å². The van der Waals surface area contributed by atoms with Crippen molar-refractivity contribution in [1.82, 2.24) is 4.57 Å². The number of methoxy groups -OCH3 is 1. The molecule has 2 aliphatic rings. The fourth-order valence-electron chi connectivity index (χ4n) is 4.17. The van der Waals surface area contributed by atoms with Crippen LogP contribution in [0, 0.1) is 0 Å². The summed E-state index contributed by atoms with van der Waals surface area (Å²) in [6, 6.07) is 12.9. The number of aromatic nitrogens is 1. The van der Waals surface area contributed by atoms with Gasteiger partial charge in [-0.15, -0.1) is 0 Å². The van der Waals surface area contributed by atoms with E-state index in [4.69, 9.17) is 18.9 Å². The lowest BCUT2D eigenvalue weighted by atomic mass is 9.97. The molecule has 0 bridgehead atoms. The lowest BCUT2D eigenvalue weighted by Crippen LogP contribution is -2.28. The Bertz CT molecular complexity index is 1230. The van der Waals surface area contributed by atoms with E-state index in [0.29, 0.717) is 36.0 Å². The molecule has 0 radical (unpaired) electrons. The molecule has 0 saturated heterocycles. The highest BCUT2D eigenvalue weighted by Crippen LogP contribution is 2.50. The predicted octanol–water partition coefficient (Wildman–Crippen LogP) is 3.57. The number of carbonyl (C=O) groups is 1. The molecule has 1 aromatic heterocycles. The maximum Gasteiger partial charge on any atom is 0.343 e. The maximum absolute atomic E-state index is 12.9. The molecule has 158 valence electrons. The van der Waals surface area contributed by atoms with Gasteiger partial charge in [-0.2, -0.15) is 0 Å². The van der Waals surface area contributed by atoms with Gasteiger partial charge in [0.1, 0.15) is 11.3 Å². The van der Waals surface area contributed by atoms with Gasteiger partial charge in [-0.05, 0) is 6.92 Å². The summed E-state index contributed by atoms with van der Waals surface area (Å²) in [5.74, 6) is 1.22. The van der Waals surface area contributed by atoms with Crippen LogP contribution in [0.25, 0.3) is 11.3 Å². The van der Waals surface area contributed by atoms with Crippen LogP contribution in [0.4, 0.5) is 0 Å². The number of pyridine rings is 1. The first-order valence-electron chi connectivity index (χ1n) is 10.1. The second-order valence-electron chi connectivity index (χ2n) is 7.30. The van der Waals surface area contributed by atoms with Crippen LogP contribution < -0.4 is 19.6 Å². The van der Waals surface area contributed by atoms with E-state index in [-0.39, 0.29) is 12.2 Å². The summed E-state index contributed by atoms with van der Waals surface area (Å²) < 4.78 is 24.6. The second-order valence-corrected chi connectivity index (χ2v) is 7.30. The van der Waals surface area contributed by atoms with E-state index in [2.05, 4.69) is 0 Å². The zero-order chi connectivity index (χ0) is 21.5. The highest BCUT2D eigenvalue weighted by Gasteiger charge is 2.34. The van der Waals surface area contributed by atoms with Crippen molar-refractivity contribution in [2.45, 2.75) is 19.6 Å². The van der Waals surface area contributed by atoms with Gasteiger partial charge in [-0.1, -0.05) is 30.3 Å². The Balaban J connectivity index is 1.78. The molecular formula is C24H21NO6. The van der Waals surface area contributed by atoms with Crippen LogP contribution in [0.3, 0.4) is 0 Å². The quantitative estimate of drug-likeness (QED) is 0.602. The summed E-state index contributed by atoms with van der Waals surface area (Å²) >= 11 is 0. The largest absolute Gasteiger partial charge is 0.493 e. The van der Waals surface area contributed by atoms with Crippen LogP contribution in [-0.2, 0) is 11.2 Å². The van der Waals surface area contributed by atoms with Gasteiger partial charge >= 0.3 is 5.97 Å². The SMILES string of the molecule is CCOC(=O)c1cn2c(cc1=O)-c1c(cc(OC)c3c1CCO3)OC2c1ccccc1. The molecule has 0 N–H and O–H groups in total. The van der Waals surface area contributed by atoms with Gasteiger partial charge in [0, 0.05) is 41.4 Å². The number of fused-ring (bicyclic) bond motifs is 5. The number of ether oxygens (including phenoxy) is 4. The standard InChI is InChI=1S/C24H21NO6/c1-3-29-24(27)16-13-25-17(11-18(16)26)21-15-9-10-30-22(15)20(28-2)12-19(21)31-23(25)14-7-5-4-6-8-14/h4-8,11-13,23H,3,9-10H2,1-2H3. The van der Waals surface area contributed by atoms with E-state index in [1.54, 1.807) is 20.1 Å². The Morgan fingerprint density at radius 1 is 1.23 bits per heavy atom. The summed E-state index contributed by atoms with van der Waals surface area (Å²) in [5, 5.41) is 0. The van der Waals surface area contributed by atoms with Crippen molar-refractivity contribution >= 4 is 5.97 Å². The van der Waals surface area contributed by atoms with E-state index < -0.39 is 17.6 Å². The lowest BCUT2D eigenvalue weighted by molar-refractivity contribution is 0.0522. The highest BCUT2D eigenvalue weighted by atomic mass is 16.5. The first kappa shape index (κ1) is 19.2. The zero-order valence-corrected chi connectivity index (χ0v) is 17.2. The van der Waals surface area contributed by atoms with E-state index in [0.717, 1.165) is 16.7 Å². The van der Waals surface area contributed by atoms with Gasteiger partial charge in [0.15, 0.2) is 16.9 Å². The Kier molecular flexibility index (Phi) is 4.66. The van der Waals surface area contributed by atoms with Crippen molar-refractivity contribution in [1.29, 1.82) is 0 Å². The molecule has 0 fully saturated rings. The Hall–Kier alpha value is -3.74. The molecule has 2 aliphatic heterocycles. The number of benzene rings is 2. The maximum atomic E-state index is 12.9. The summed E-state index contributed by atoms with van der Waals surface area (Å²) in [6.45, 7) is 2.41. The molecule has 1 atom stereocenters. The van der Waals surface area contributed by atoms with Gasteiger partial charge < -0.3 is 23.5 Å². The molecular weight excluding hydrogens is 398 g/mol. The van der Waals surface area contributed by atoms with Crippen LogP contribution in [0.15, 0.2) is 53.5 Å². The Morgan fingerprint density at radius 2 is 2.03 bits per heavy atom. The number of esters is 1. The minimum atomic E-state index is -0.649. The summed E-state index contributed by atoms with van der Waals surface area (Å²) in [7, 11) is 1.59. The van der Waals surface area contributed by atoms with E-state index >= 15 is 0 Å². The molecule has 7 heteroatoms. The van der Waals surface area contributed by atoms with Gasteiger partial charge in [0.25, 0.3) is 0 Å². The minimum Gasteiger partial charge on any atom is -0.493 e. The molecule has 0 aliphatic carbocycles. The number of rotatable bonds is 4. The molecule has 3 aromatic rings. The average molecular weight is 419 g/mol. The topological polar surface area (TPSA) is 76.0 Å². The fraction of sp³-hybridized carbons (Fsp3) is 0.250. The molecule has 0 spiro atoms. The van der Waals surface area contributed by atoms with Crippen LogP contribution in [0.5, 0.6) is 17.2 Å². The van der Waals surface area contributed by atoms with Crippen LogP contribution in [0.2, 0.25) is 0 Å². The number of carbonyl (C=O) groups excluding carboxylic acids is 1. The predicted molar refractivity (Wildman–Crippen MR) is 113 cm³/mol. The highest BCUT2D eigenvalue weighted by molar-refractivity contribution is 5.90. The first-order valence-corrected chi connectivity index (χ1v) is 10.1. The number of hydrogen-bond acceptors (Lipinski definition) is 6. The average Bonchev–Trinajstić information content (AvgIpc) is 3.28. The zero-order valence-electron chi connectivity index (χ0n) is 17.2. The van der Waals surface area contributed by atoms with E-state index in [9.17, 15) is 9.59 Å². The molecule has 1 unspecified atom stereocenters. The minimum absolute atomic E-state index is 0.0278. The van der Waals surface area contributed by atoms with Gasteiger partial charge in [-0.3, -0.25) is 4.79 Å². The monoisotopic (exact) mass is 419 g/mol. The van der Waals surface area contributed by atoms with Crippen molar-refractivity contribution in [3.8, 4) is 28.5 Å². The Labute approximate surface area is 178 Å². The van der Waals surface area contributed by atoms with Gasteiger partial charge in [-0.25, -0.2) is 4.79 Å². The van der Waals surface area contributed by atoms with Crippen molar-refractivity contribution in [3.63, 3.8) is 0 Å². The third kappa shape index (κ3) is 3.04. The summed E-state index contributed by atoms with van der Waals surface area (Å²) in [5.41, 5.74) is 2.83. The summed E-state index contributed by atoms with van der Waals surface area (Å²) in [6.07, 6.45) is 1.63. The third-order valence-electron chi connectivity index (χ3n) is 5.53. The Morgan fingerprint density at radius 3 is 2.77 bits per heavy atom. The van der Waals surface area contributed by atoms with Crippen LogP contribution in [0.1, 0.15) is 34.6 Å². The third-order valence-corrected chi connectivity index (χ3v) is 5.53. The molecule has 2 aromatic carbocycles. The van der Waals surface area contributed by atoms with Crippen LogP contribution >= 0.6 is 0 Å². The number of nitrogens with zero attached hydrogens (tertiary/aromatic N) is 1. The van der Waals surface area contributed by atoms with Crippen molar-refractivity contribution in [2.75, 3.05) is 20.3 Å². The van der Waals surface area contributed by atoms with Crippen molar-refractivity contribution in [3.05, 3.63) is 75.6 Å². The van der Waals surface area contributed by atoms with E-state index in [1.165, 1.54) is 12.3 Å². The lowest BCUT2D eigenvalue weighted by Gasteiger charge is -2.33. The molecule has 31 heavy (non-hydrogen) atoms. The summed E-state index contributed by atoms with van der Waals surface area (Å²) in [4.78, 5) is 25.3. The van der Waals surface area contributed by atoms with Crippen molar-refractivity contribution < 1.29 is 23.7 Å². The molecule has 3 heterocycles.